The highest BCUT2D eigenvalue weighted by Crippen LogP contribution is 2.14. The van der Waals surface area contributed by atoms with Crippen molar-refractivity contribution >= 4 is 16.8 Å². The number of H-pyrrole nitrogens is 1. The maximum absolute atomic E-state index is 12.0. The van der Waals surface area contributed by atoms with Crippen LogP contribution < -0.4 is 10.9 Å². The second-order valence-electron chi connectivity index (χ2n) is 4.64. The monoisotopic (exact) mass is 282 g/mol. The average molecular weight is 282 g/mol. The van der Waals surface area contributed by atoms with E-state index in [1.807, 2.05) is 24.3 Å². The van der Waals surface area contributed by atoms with Crippen molar-refractivity contribution in [3.63, 3.8) is 0 Å². The summed E-state index contributed by atoms with van der Waals surface area (Å²) >= 11 is 0. The second kappa shape index (κ2) is 5.62. The molecule has 0 fully saturated rings. The van der Waals surface area contributed by atoms with Gasteiger partial charge in [-0.05, 0) is 12.1 Å². The molecule has 0 unspecified atom stereocenters. The summed E-state index contributed by atoms with van der Waals surface area (Å²) in [7, 11) is 0. The Morgan fingerprint density at radius 1 is 1.29 bits per heavy atom. The highest BCUT2D eigenvalue weighted by atomic mass is 16.2. The Morgan fingerprint density at radius 3 is 2.95 bits per heavy atom. The van der Waals surface area contributed by atoms with Gasteiger partial charge in [-0.15, -0.1) is 0 Å². The molecule has 0 radical (unpaired) electrons. The van der Waals surface area contributed by atoms with E-state index >= 15 is 0 Å². The highest BCUT2D eigenvalue weighted by Gasteiger charge is 2.08. The van der Waals surface area contributed by atoms with Crippen molar-refractivity contribution in [1.82, 2.24) is 19.9 Å². The third kappa shape index (κ3) is 2.84. The van der Waals surface area contributed by atoms with E-state index in [1.54, 1.807) is 6.07 Å². The number of para-hydroxylation sites is 1. The van der Waals surface area contributed by atoms with Crippen molar-refractivity contribution in [3.8, 4) is 0 Å². The highest BCUT2D eigenvalue weighted by molar-refractivity contribution is 5.97. The molecule has 2 heterocycles. The summed E-state index contributed by atoms with van der Waals surface area (Å²) in [6, 6.07) is 10.9. The third-order valence-electron chi connectivity index (χ3n) is 3.21. The molecule has 6 heteroatoms. The second-order valence-corrected chi connectivity index (χ2v) is 4.64. The van der Waals surface area contributed by atoms with E-state index in [0.717, 1.165) is 10.9 Å². The molecular weight excluding hydrogens is 268 g/mol. The SMILES string of the molecule is O=C(NCCn1cnccc1=O)c1cc2ccccc2[nH]1. The number of carbonyl (C=O) groups is 1. The molecule has 0 aliphatic heterocycles. The molecule has 3 rings (SSSR count). The minimum absolute atomic E-state index is 0.134. The van der Waals surface area contributed by atoms with Crippen LogP contribution in [0.2, 0.25) is 0 Å². The van der Waals surface area contributed by atoms with Gasteiger partial charge in [0.25, 0.3) is 11.5 Å². The number of aromatic amines is 1. The Bertz CT molecular complexity index is 802. The van der Waals surface area contributed by atoms with Crippen LogP contribution in [-0.2, 0) is 6.54 Å². The molecule has 3 aromatic rings. The predicted molar refractivity (Wildman–Crippen MR) is 79.1 cm³/mol. The lowest BCUT2D eigenvalue weighted by molar-refractivity contribution is 0.0948. The van der Waals surface area contributed by atoms with Crippen molar-refractivity contribution in [1.29, 1.82) is 0 Å². The van der Waals surface area contributed by atoms with Crippen molar-refractivity contribution in [2.75, 3.05) is 6.54 Å². The van der Waals surface area contributed by atoms with Gasteiger partial charge >= 0.3 is 0 Å². The topological polar surface area (TPSA) is 79.8 Å². The molecule has 2 aromatic heterocycles. The van der Waals surface area contributed by atoms with Gasteiger partial charge in [0.2, 0.25) is 0 Å². The Labute approximate surface area is 120 Å². The minimum Gasteiger partial charge on any atom is -0.351 e. The van der Waals surface area contributed by atoms with Crippen LogP contribution in [0.25, 0.3) is 10.9 Å². The zero-order valence-corrected chi connectivity index (χ0v) is 11.2. The molecule has 21 heavy (non-hydrogen) atoms. The number of hydrogen-bond donors (Lipinski definition) is 2. The zero-order valence-electron chi connectivity index (χ0n) is 11.2. The molecule has 6 nitrogen and oxygen atoms in total. The number of nitrogens with one attached hydrogen (secondary N) is 2. The molecule has 0 spiro atoms. The number of fused-ring (bicyclic) bond motifs is 1. The average Bonchev–Trinajstić information content (AvgIpc) is 2.93. The van der Waals surface area contributed by atoms with Crippen LogP contribution in [0, 0.1) is 0 Å². The van der Waals surface area contributed by atoms with E-state index in [0.29, 0.717) is 18.8 Å². The van der Waals surface area contributed by atoms with E-state index < -0.39 is 0 Å². The van der Waals surface area contributed by atoms with Gasteiger partial charge in [0, 0.05) is 36.3 Å². The first-order valence-corrected chi connectivity index (χ1v) is 6.60. The third-order valence-corrected chi connectivity index (χ3v) is 3.21. The molecule has 0 saturated heterocycles. The van der Waals surface area contributed by atoms with Crippen LogP contribution in [0.5, 0.6) is 0 Å². The van der Waals surface area contributed by atoms with E-state index in [9.17, 15) is 9.59 Å². The summed E-state index contributed by atoms with van der Waals surface area (Å²) in [5.74, 6) is -0.192. The zero-order chi connectivity index (χ0) is 14.7. The quantitative estimate of drug-likeness (QED) is 0.753. The first kappa shape index (κ1) is 13.1. The van der Waals surface area contributed by atoms with Gasteiger partial charge in [-0.1, -0.05) is 18.2 Å². The number of rotatable bonds is 4. The molecule has 106 valence electrons. The van der Waals surface area contributed by atoms with Gasteiger partial charge in [-0.3, -0.25) is 14.2 Å². The minimum atomic E-state index is -0.192. The van der Waals surface area contributed by atoms with Gasteiger partial charge in [0.15, 0.2) is 0 Å². The van der Waals surface area contributed by atoms with Crippen molar-refractivity contribution in [2.45, 2.75) is 6.54 Å². The fourth-order valence-corrected chi connectivity index (χ4v) is 2.13. The van der Waals surface area contributed by atoms with Crippen molar-refractivity contribution in [3.05, 3.63) is 65.0 Å². The van der Waals surface area contributed by atoms with Crippen LogP contribution in [0.1, 0.15) is 10.5 Å². The van der Waals surface area contributed by atoms with E-state index in [2.05, 4.69) is 15.3 Å². The van der Waals surface area contributed by atoms with Gasteiger partial charge in [0.1, 0.15) is 5.69 Å². The summed E-state index contributed by atoms with van der Waals surface area (Å²) in [5.41, 5.74) is 1.30. The molecular formula is C15H14N4O2. The maximum Gasteiger partial charge on any atom is 0.267 e. The summed E-state index contributed by atoms with van der Waals surface area (Å²) < 4.78 is 1.45. The Morgan fingerprint density at radius 2 is 2.14 bits per heavy atom. The van der Waals surface area contributed by atoms with Crippen LogP contribution in [-0.4, -0.2) is 27.0 Å². The van der Waals surface area contributed by atoms with Crippen LogP contribution in [0.4, 0.5) is 0 Å². The first-order chi connectivity index (χ1) is 10.2. The largest absolute Gasteiger partial charge is 0.351 e. The molecule has 0 saturated carbocycles. The lowest BCUT2D eigenvalue weighted by Gasteiger charge is -2.05. The Kier molecular flexibility index (Phi) is 3.51. The number of amides is 1. The van der Waals surface area contributed by atoms with Gasteiger partial charge < -0.3 is 10.3 Å². The van der Waals surface area contributed by atoms with Crippen LogP contribution in [0.3, 0.4) is 0 Å². The summed E-state index contributed by atoms with van der Waals surface area (Å²) in [4.78, 5) is 30.5. The number of hydrogen-bond acceptors (Lipinski definition) is 3. The van der Waals surface area contributed by atoms with E-state index in [4.69, 9.17) is 0 Å². The number of nitrogens with zero attached hydrogens (tertiary/aromatic N) is 2. The molecule has 1 aromatic carbocycles. The molecule has 0 aliphatic carbocycles. The lowest BCUT2D eigenvalue weighted by atomic mass is 10.2. The Hall–Kier alpha value is -2.89. The van der Waals surface area contributed by atoms with Crippen molar-refractivity contribution < 1.29 is 4.79 Å². The molecule has 0 aliphatic rings. The fraction of sp³-hybridized carbons (Fsp3) is 0.133. The smallest absolute Gasteiger partial charge is 0.267 e. The maximum atomic E-state index is 12.0. The Balaban J connectivity index is 1.64. The van der Waals surface area contributed by atoms with E-state index in [1.165, 1.54) is 23.2 Å². The summed E-state index contributed by atoms with van der Waals surface area (Å²) in [5, 5.41) is 3.77. The summed E-state index contributed by atoms with van der Waals surface area (Å²) in [6.07, 6.45) is 2.90. The molecule has 1 amide bonds. The standard InChI is InChI=1S/C15H14N4O2/c20-14-5-6-16-10-19(14)8-7-17-15(21)13-9-11-3-1-2-4-12(11)18-13/h1-6,9-10,18H,7-8H2,(H,17,21). The van der Waals surface area contributed by atoms with Gasteiger partial charge in [0.05, 0.1) is 6.33 Å². The fourth-order valence-electron chi connectivity index (χ4n) is 2.13. The van der Waals surface area contributed by atoms with E-state index in [-0.39, 0.29) is 11.5 Å². The summed E-state index contributed by atoms with van der Waals surface area (Å²) in [6.45, 7) is 0.748. The first-order valence-electron chi connectivity index (χ1n) is 6.60. The molecule has 0 atom stereocenters. The molecule has 0 bridgehead atoms. The van der Waals surface area contributed by atoms with Crippen LogP contribution in [0.15, 0.2) is 53.7 Å². The number of aromatic nitrogens is 3. The van der Waals surface area contributed by atoms with Crippen molar-refractivity contribution in [2.24, 2.45) is 0 Å². The lowest BCUT2D eigenvalue weighted by Crippen LogP contribution is -2.30. The van der Waals surface area contributed by atoms with Crippen LogP contribution >= 0.6 is 0 Å². The number of benzene rings is 1. The van der Waals surface area contributed by atoms with Gasteiger partial charge in [-0.25, -0.2) is 4.98 Å². The van der Waals surface area contributed by atoms with Gasteiger partial charge in [-0.2, -0.15) is 0 Å². The normalized spacial score (nSPS) is 10.7. The predicted octanol–water partition coefficient (Wildman–Crippen LogP) is 1.15. The molecule has 2 N–H and O–H groups in total. The number of carbonyl (C=O) groups excluding carboxylic acids is 1.